The molecule has 7 nitrogen and oxygen atoms in total. The molecule has 3 atom stereocenters. The first-order valence-electron chi connectivity index (χ1n) is 6.14. The summed E-state index contributed by atoms with van der Waals surface area (Å²) in [6.07, 6.45) is 0.0893. The number of hydrogen-bond donors (Lipinski definition) is 4. The van der Waals surface area contributed by atoms with E-state index in [9.17, 15) is 4.79 Å². The zero-order valence-electron chi connectivity index (χ0n) is 11.9. The highest BCUT2D eigenvalue weighted by Crippen LogP contribution is 1.94. The third kappa shape index (κ3) is 8.37. The molecule has 0 aliphatic carbocycles. The van der Waals surface area contributed by atoms with Gasteiger partial charge in [0, 0.05) is 7.05 Å². The summed E-state index contributed by atoms with van der Waals surface area (Å²) in [7, 11) is 3.45. The van der Waals surface area contributed by atoms with Crippen molar-refractivity contribution in [1.29, 1.82) is 0 Å². The van der Waals surface area contributed by atoms with Crippen molar-refractivity contribution in [2.45, 2.75) is 33.0 Å². The van der Waals surface area contributed by atoms with Gasteiger partial charge in [-0.2, -0.15) is 11.0 Å². The summed E-state index contributed by atoms with van der Waals surface area (Å²) in [6, 6.07) is 0.0263. The van der Waals surface area contributed by atoms with Crippen LogP contribution in [-0.2, 0) is 14.5 Å². The molecule has 0 aromatic carbocycles. The number of nitrogens with one attached hydrogen (secondary N) is 4. The molecular formula is C11H26N4O3. The highest BCUT2D eigenvalue weighted by atomic mass is 16.7. The van der Waals surface area contributed by atoms with Crippen LogP contribution in [0.4, 0.5) is 0 Å². The van der Waals surface area contributed by atoms with Gasteiger partial charge >= 0.3 is 0 Å². The third-order valence-corrected chi connectivity index (χ3v) is 2.34. The van der Waals surface area contributed by atoms with Crippen molar-refractivity contribution in [3.05, 3.63) is 0 Å². The topological polar surface area (TPSA) is 83.7 Å². The zero-order chi connectivity index (χ0) is 14.0. The van der Waals surface area contributed by atoms with Gasteiger partial charge in [-0.15, -0.1) is 0 Å². The van der Waals surface area contributed by atoms with Crippen molar-refractivity contribution in [3.63, 3.8) is 0 Å². The van der Waals surface area contributed by atoms with Crippen LogP contribution in [-0.4, -0.2) is 45.4 Å². The Kier molecular flexibility index (Phi) is 9.80. The first kappa shape index (κ1) is 17.3. The Bertz CT molecular complexity index is 228. The summed E-state index contributed by atoms with van der Waals surface area (Å²) >= 11 is 0. The number of carbonyl (C=O) groups excluding carboxylic acids is 1. The Labute approximate surface area is 109 Å². The van der Waals surface area contributed by atoms with Crippen LogP contribution in [0.25, 0.3) is 0 Å². The first-order chi connectivity index (χ1) is 8.51. The SMILES string of the molecule is CNC(=O)C(C)CONC(C)CONC(C)NC. The Morgan fingerprint density at radius 3 is 2.22 bits per heavy atom. The molecule has 0 saturated carbocycles. The largest absolute Gasteiger partial charge is 0.359 e. The molecule has 3 unspecified atom stereocenters. The van der Waals surface area contributed by atoms with E-state index in [0.29, 0.717) is 13.2 Å². The molecule has 4 N–H and O–H groups in total. The summed E-state index contributed by atoms with van der Waals surface area (Å²) in [6.45, 7) is 6.46. The van der Waals surface area contributed by atoms with E-state index in [0.717, 1.165) is 0 Å². The van der Waals surface area contributed by atoms with Crippen LogP contribution in [0.5, 0.6) is 0 Å². The van der Waals surface area contributed by atoms with E-state index in [2.05, 4.69) is 21.6 Å². The third-order valence-electron chi connectivity index (χ3n) is 2.34. The van der Waals surface area contributed by atoms with Crippen molar-refractivity contribution in [2.75, 3.05) is 27.3 Å². The average Bonchev–Trinajstić information content (AvgIpc) is 2.37. The fourth-order valence-electron chi connectivity index (χ4n) is 1.03. The molecule has 0 bridgehead atoms. The van der Waals surface area contributed by atoms with Crippen molar-refractivity contribution < 1.29 is 14.5 Å². The summed E-state index contributed by atoms with van der Waals surface area (Å²) in [5.41, 5.74) is 5.64. The monoisotopic (exact) mass is 262 g/mol. The minimum atomic E-state index is -0.182. The van der Waals surface area contributed by atoms with Crippen LogP contribution in [0.2, 0.25) is 0 Å². The molecule has 0 aromatic heterocycles. The molecular weight excluding hydrogens is 236 g/mol. The lowest BCUT2D eigenvalue weighted by Gasteiger charge is -2.18. The van der Waals surface area contributed by atoms with Gasteiger partial charge in [-0.3, -0.25) is 9.63 Å². The second-order valence-corrected chi connectivity index (χ2v) is 4.28. The molecule has 0 spiro atoms. The zero-order valence-corrected chi connectivity index (χ0v) is 11.9. The van der Waals surface area contributed by atoms with Gasteiger partial charge in [0.2, 0.25) is 5.91 Å². The van der Waals surface area contributed by atoms with Gasteiger partial charge in [0.15, 0.2) is 0 Å². The maximum atomic E-state index is 11.2. The number of carbonyl (C=O) groups is 1. The average molecular weight is 262 g/mol. The molecule has 0 fully saturated rings. The molecule has 0 aromatic rings. The number of amides is 1. The molecule has 0 aliphatic heterocycles. The summed E-state index contributed by atoms with van der Waals surface area (Å²) in [5.74, 6) is -0.219. The molecule has 108 valence electrons. The highest BCUT2D eigenvalue weighted by Gasteiger charge is 2.11. The number of hydrogen-bond acceptors (Lipinski definition) is 6. The van der Waals surface area contributed by atoms with E-state index in [1.165, 1.54) is 0 Å². The van der Waals surface area contributed by atoms with Gasteiger partial charge in [0.1, 0.15) is 0 Å². The molecule has 7 heteroatoms. The van der Waals surface area contributed by atoms with Gasteiger partial charge in [0.25, 0.3) is 0 Å². The van der Waals surface area contributed by atoms with E-state index >= 15 is 0 Å². The molecule has 18 heavy (non-hydrogen) atoms. The molecule has 0 aliphatic rings. The number of hydroxylamine groups is 2. The quantitative estimate of drug-likeness (QED) is 0.310. The number of rotatable bonds is 10. The van der Waals surface area contributed by atoms with Crippen molar-refractivity contribution in [3.8, 4) is 0 Å². The summed E-state index contributed by atoms with van der Waals surface area (Å²) in [4.78, 5) is 21.7. The van der Waals surface area contributed by atoms with E-state index < -0.39 is 0 Å². The van der Waals surface area contributed by atoms with Gasteiger partial charge in [-0.25, -0.2) is 0 Å². The van der Waals surface area contributed by atoms with Gasteiger partial charge in [0.05, 0.1) is 31.3 Å². The van der Waals surface area contributed by atoms with Crippen molar-refractivity contribution in [1.82, 2.24) is 21.6 Å². The molecule has 0 heterocycles. The predicted octanol–water partition coefficient (Wildman–Crippen LogP) is -0.635. The highest BCUT2D eigenvalue weighted by molar-refractivity contribution is 5.77. The normalized spacial score (nSPS) is 16.1. The Hall–Kier alpha value is -0.730. The fourth-order valence-corrected chi connectivity index (χ4v) is 1.03. The van der Waals surface area contributed by atoms with Crippen molar-refractivity contribution >= 4 is 5.91 Å². The first-order valence-corrected chi connectivity index (χ1v) is 6.14. The van der Waals surface area contributed by atoms with Crippen LogP contribution in [0, 0.1) is 5.92 Å². The van der Waals surface area contributed by atoms with Crippen LogP contribution in [0.3, 0.4) is 0 Å². The second kappa shape index (κ2) is 10.2. The maximum Gasteiger partial charge on any atom is 0.224 e. The van der Waals surface area contributed by atoms with Crippen molar-refractivity contribution in [2.24, 2.45) is 5.92 Å². The standard InChI is InChI=1S/C11H26N4O3/c1-8(11(16)13-5)6-17-14-9(2)7-18-15-10(3)12-4/h8-10,12,14-15H,6-7H2,1-5H3,(H,13,16). The lowest BCUT2D eigenvalue weighted by atomic mass is 10.2. The second-order valence-electron chi connectivity index (χ2n) is 4.28. The van der Waals surface area contributed by atoms with E-state index in [-0.39, 0.29) is 24.0 Å². The van der Waals surface area contributed by atoms with E-state index in [4.69, 9.17) is 9.68 Å². The Balaban J connectivity index is 3.53. The smallest absolute Gasteiger partial charge is 0.224 e. The van der Waals surface area contributed by atoms with Gasteiger partial charge in [-0.05, 0) is 20.9 Å². The molecule has 1 amide bonds. The van der Waals surface area contributed by atoms with Crippen LogP contribution in [0.15, 0.2) is 0 Å². The van der Waals surface area contributed by atoms with Crippen LogP contribution in [0.1, 0.15) is 20.8 Å². The molecule has 0 saturated heterocycles. The van der Waals surface area contributed by atoms with Crippen LogP contribution >= 0.6 is 0 Å². The van der Waals surface area contributed by atoms with E-state index in [1.807, 2.05) is 20.9 Å². The lowest BCUT2D eigenvalue weighted by molar-refractivity contribution is -0.127. The Morgan fingerprint density at radius 2 is 1.67 bits per heavy atom. The predicted molar refractivity (Wildman–Crippen MR) is 69.4 cm³/mol. The van der Waals surface area contributed by atoms with Gasteiger partial charge in [-0.1, -0.05) is 6.92 Å². The lowest BCUT2D eigenvalue weighted by Crippen LogP contribution is -2.41. The minimum Gasteiger partial charge on any atom is -0.359 e. The minimum absolute atomic E-state index is 0.0263. The van der Waals surface area contributed by atoms with E-state index in [1.54, 1.807) is 14.0 Å². The summed E-state index contributed by atoms with van der Waals surface area (Å²) in [5, 5.41) is 5.55. The summed E-state index contributed by atoms with van der Waals surface area (Å²) < 4.78 is 0. The Morgan fingerprint density at radius 1 is 1.06 bits per heavy atom. The van der Waals surface area contributed by atoms with Gasteiger partial charge < -0.3 is 15.5 Å². The molecule has 0 rings (SSSR count). The fraction of sp³-hybridized carbons (Fsp3) is 0.909. The maximum absolute atomic E-state index is 11.2. The molecule has 0 radical (unpaired) electrons. The van der Waals surface area contributed by atoms with Crippen LogP contribution < -0.4 is 21.6 Å².